The quantitative estimate of drug-likeness (QED) is 0.427. The van der Waals surface area contributed by atoms with E-state index in [0.717, 1.165) is 35.8 Å². The predicted molar refractivity (Wildman–Crippen MR) is 136 cm³/mol. The van der Waals surface area contributed by atoms with Crippen LogP contribution >= 0.6 is 0 Å². The van der Waals surface area contributed by atoms with Gasteiger partial charge < -0.3 is 19.6 Å². The van der Waals surface area contributed by atoms with E-state index in [2.05, 4.69) is 4.90 Å². The van der Waals surface area contributed by atoms with E-state index in [1.54, 1.807) is 7.05 Å². The summed E-state index contributed by atoms with van der Waals surface area (Å²) in [6.07, 6.45) is 5.76. The number of anilines is 1. The van der Waals surface area contributed by atoms with Crippen LogP contribution in [0.2, 0.25) is 0 Å². The lowest BCUT2D eigenvalue weighted by molar-refractivity contribution is 0.494. The highest BCUT2D eigenvalue weighted by Crippen LogP contribution is 2.23. The van der Waals surface area contributed by atoms with Crippen LogP contribution in [-0.4, -0.2) is 47.2 Å². The largest absolute Gasteiger partial charge is 0.341 e. The molecule has 180 valence electrons. The van der Waals surface area contributed by atoms with Crippen LogP contribution < -0.4 is 21.9 Å². The van der Waals surface area contributed by atoms with Crippen molar-refractivity contribution in [1.29, 1.82) is 0 Å². The first-order valence-corrected chi connectivity index (χ1v) is 12.0. The van der Waals surface area contributed by atoms with Crippen LogP contribution in [0.15, 0.2) is 52.3 Å². The first kappa shape index (κ1) is 21.6. The van der Waals surface area contributed by atoms with Crippen molar-refractivity contribution in [3.8, 4) is 0 Å². The fourth-order valence-corrected chi connectivity index (χ4v) is 5.23. The summed E-state index contributed by atoms with van der Waals surface area (Å²) in [5.41, 5.74) is 7.70. The van der Waals surface area contributed by atoms with Crippen LogP contribution in [0.3, 0.4) is 0 Å². The molecule has 1 aliphatic rings. The molecule has 1 atom stereocenters. The molecule has 1 saturated heterocycles. The lowest BCUT2D eigenvalue weighted by Crippen LogP contribution is -2.44. The number of fused-ring (bicyclic) bond motifs is 4. The number of piperidine rings is 1. The van der Waals surface area contributed by atoms with Crippen LogP contribution in [0.25, 0.3) is 27.6 Å². The van der Waals surface area contributed by atoms with Gasteiger partial charge in [-0.05, 0) is 31.2 Å². The van der Waals surface area contributed by atoms with Crippen molar-refractivity contribution in [2.75, 3.05) is 18.0 Å². The third kappa shape index (κ3) is 3.35. The predicted octanol–water partition coefficient (Wildman–Crippen LogP) is 1.69. The van der Waals surface area contributed by atoms with Gasteiger partial charge in [-0.15, -0.1) is 0 Å². The van der Waals surface area contributed by atoms with Crippen molar-refractivity contribution in [3.05, 3.63) is 69.3 Å². The van der Waals surface area contributed by atoms with Gasteiger partial charge in [-0.3, -0.25) is 13.9 Å². The number of nitrogens with zero attached hydrogens (tertiary/aromatic N) is 7. The summed E-state index contributed by atoms with van der Waals surface area (Å²) < 4.78 is 6.55. The summed E-state index contributed by atoms with van der Waals surface area (Å²) in [6, 6.07) is 10.1. The van der Waals surface area contributed by atoms with Gasteiger partial charge in [-0.1, -0.05) is 24.3 Å². The third-order valence-corrected chi connectivity index (χ3v) is 6.99. The van der Waals surface area contributed by atoms with Crippen molar-refractivity contribution in [1.82, 2.24) is 28.1 Å². The summed E-state index contributed by atoms with van der Waals surface area (Å²) in [5.74, 6) is 0.696. The minimum Gasteiger partial charge on any atom is -0.341 e. The van der Waals surface area contributed by atoms with Gasteiger partial charge in [0.25, 0.3) is 5.56 Å². The number of hydrogen-bond acceptors (Lipinski definition) is 6. The smallest absolute Gasteiger partial charge is 0.332 e. The number of benzene rings is 1. The molecule has 10 nitrogen and oxygen atoms in total. The van der Waals surface area contributed by atoms with Crippen molar-refractivity contribution < 1.29 is 0 Å². The molecule has 35 heavy (non-hydrogen) atoms. The van der Waals surface area contributed by atoms with Gasteiger partial charge in [0.15, 0.2) is 11.2 Å². The molecule has 1 fully saturated rings. The van der Waals surface area contributed by atoms with E-state index in [4.69, 9.17) is 15.7 Å². The molecule has 0 radical (unpaired) electrons. The molecule has 0 saturated carbocycles. The monoisotopic (exact) mass is 472 g/mol. The van der Waals surface area contributed by atoms with Gasteiger partial charge in [-0.2, -0.15) is 4.98 Å². The highest BCUT2D eigenvalue weighted by molar-refractivity contribution is 5.93. The molecule has 4 aromatic heterocycles. The topological polar surface area (TPSA) is 108 Å². The Labute approximate surface area is 200 Å². The summed E-state index contributed by atoms with van der Waals surface area (Å²) in [6.45, 7) is 4.13. The zero-order valence-electron chi connectivity index (χ0n) is 19.9. The maximum absolute atomic E-state index is 13.7. The molecule has 6 rings (SSSR count). The standard InChI is InChI=1S/C25H28N8O2/c1-3-32-20-22(28-24(32)31-11-6-8-17(26)13-31)29(2)25(35)33(23(20)34)15-18-14-30-12-10-16-7-4-5-9-19(16)21(30)27-18/h4-5,7,9-10,12,14,17H,3,6,8,11,13,15,26H2,1-2H3. The zero-order chi connectivity index (χ0) is 24.3. The second-order valence-electron chi connectivity index (χ2n) is 9.28. The number of pyridine rings is 1. The van der Waals surface area contributed by atoms with Gasteiger partial charge in [-0.25, -0.2) is 9.78 Å². The molecule has 2 N–H and O–H groups in total. The Morgan fingerprint density at radius 3 is 2.71 bits per heavy atom. The van der Waals surface area contributed by atoms with E-state index in [-0.39, 0.29) is 18.1 Å². The maximum Gasteiger partial charge on any atom is 0.332 e. The van der Waals surface area contributed by atoms with Crippen molar-refractivity contribution in [2.24, 2.45) is 12.8 Å². The molecule has 10 heteroatoms. The molecule has 5 heterocycles. The molecule has 5 aromatic rings. The molecule has 1 unspecified atom stereocenters. The number of aryl methyl sites for hydroxylation is 2. The second-order valence-corrected chi connectivity index (χ2v) is 9.28. The van der Waals surface area contributed by atoms with E-state index in [9.17, 15) is 9.59 Å². The normalized spacial score (nSPS) is 16.7. The Hall–Kier alpha value is -3.92. The van der Waals surface area contributed by atoms with Crippen LogP contribution in [0, 0.1) is 0 Å². The molecule has 1 aromatic carbocycles. The highest BCUT2D eigenvalue weighted by Gasteiger charge is 2.26. The summed E-state index contributed by atoms with van der Waals surface area (Å²) in [7, 11) is 1.66. The molecule has 0 spiro atoms. The van der Waals surface area contributed by atoms with Crippen molar-refractivity contribution in [2.45, 2.75) is 38.9 Å². The van der Waals surface area contributed by atoms with E-state index in [0.29, 0.717) is 35.9 Å². The van der Waals surface area contributed by atoms with E-state index in [1.165, 1.54) is 9.13 Å². The van der Waals surface area contributed by atoms with Crippen LogP contribution in [0.5, 0.6) is 0 Å². The Kier molecular flexibility index (Phi) is 4.99. The highest BCUT2D eigenvalue weighted by atomic mass is 16.2. The number of imidazole rings is 2. The summed E-state index contributed by atoms with van der Waals surface area (Å²) >= 11 is 0. The van der Waals surface area contributed by atoms with Gasteiger partial charge in [0.05, 0.1) is 12.2 Å². The van der Waals surface area contributed by atoms with Gasteiger partial charge in [0.2, 0.25) is 5.95 Å². The third-order valence-electron chi connectivity index (χ3n) is 6.99. The van der Waals surface area contributed by atoms with Crippen molar-refractivity contribution >= 4 is 33.5 Å². The average Bonchev–Trinajstić information content (AvgIpc) is 3.47. The summed E-state index contributed by atoms with van der Waals surface area (Å²) in [5, 5.41) is 2.11. The maximum atomic E-state index is 13.7. The minimum absolute atomic E-state index is 0.0699. The lowest BCUT2D eigenvalue weighted by Gasteiger charge is -2.31. The SMILES string of the molecule is CCn1c(N2CCCC(N)C2)nc2c1c(=O)n(Cc1cn3ccc4ccccc4c3n1)c(=O)n2C. The second kappa shape index (κ2) is 8.09. The molecular weight excluding hydrogens is 444 g/mol. The molecule has 0 aliphatic carbocycles. The van der Waals surface area contributed by atoms with Crippen LogP contribution in [-0.2, 0) is 20.1 Å². The van der Waals surface area contributed by atoms with Crippen LogP contribution in [0.4, 0.5) is 5.95 Å². The number of hydrogen-bond donors (Lipinski definition) is 1. The Morgan fingerprint density at radius 1 is 1.09 bits per heavy atom. The minimum atomic E-state index is -0.410. The zero-order valence-corrected chi connectivity index (χ0v) is 19.9. The lowest BCUT2D eigenvalue weighted by atomic mass is 10.1. The van der Waals surface area contributed by atoms with E-state index < -0.39 is 5.69 Å². The molecule has 0 bridgehead atoms. The average molecular weight is 473 g/mol. The Bertz CT molecular complexity index is 1710. The van der Waals surface area contributed by atoms with Crippen LogP contribution in [0.1, 0.15) is 25.5 Å². The number of nitrogens with two attached hydrogens (primary N) is 1. The Balaban J connectivity index is 1.49. The first-order valence-electron chi connectivity index (χ1n) is 12.0. The number of rotatable bonds is 4. The van der Waals surface area contributed by atoms with Crippen molar-refractivity contribution in [3.63, 3.8) is 0 Å². The number of aromatic nitrogens is 6. The molecule has 0 amide bonds. The van der Waals surface area contributed by atoms with E-state index in [1.807, 2.05) is 58.6 Å². The molecule has 1 aliphatic heterocycles. The van der Waals surface area contributed by atoms with Gasteiger partial charge in [0.1, 0.15) is 5.65 Å². The van der Waals surface area contributed by atoms with Gasteiger partial charge >= 0.3 is 5.69 Å². The molecular formula is C25H28N8O2. The van der Waals surface area contributed by atoms with E-state index >= 15 is 0 Å². The van der Waals surface area contributed by atoms with Gasteiger partial charge in [0, 0.05) is 50.5 Å². The Morgan fingerprint density at radius 2 is 1.91 bits per heavy atom. The first-order chi connectivity index (χ1) is 17.0. The summed E-state index contributed by atoms with van der Waals surface area (Å²) in [4.78, 5) is 38.6. The fraction of sp³-hybridized carbons (Fsp3) is 0.360. The fourth-order valence-electron chi connectivity index (χ4n) is 5.23.